The molecule has 2 aliphatic heterocycles. The lowest BCUT2D eigenvalue weighted by atomic mass is 9.81. The Morgan fingerprint density at radius 2 is 0.765 bits per heavy atom. The molecule has 6 nitrogen and oxygen atoms in total. The molecule has 0 aromatic heterocycles. The van der Waals surface area contributed by atoms with Crippen molar-refractivity contribution in [2.45, 2.75) is 113 Å². The van der Waals surface area contributed by atoms with E-state index in [1.165, 1.54) is 103 Å². The van der Waals surface area contributed by atoms with Crippen molar-refractivity contribution < 1.29 is 46.1 Å². The van der Waals surface area contributed by atoms with Gasteiger partial charge in [0.05, 0.1) is 0 Å². The lowest BCUT2D eigenvalue weighted by Crippen LogP contribution is -2.41. The van der Waals surface area contributed by atoms with Gasteiger partial charge in [0, 0.05) is 11.1 Å². The Hall–Kier alpha value is -1.56. The van der Waals surface area contributed by atoms with Crippen LogP contribution in [0.3, 0.4) is 0 Å². The van der Waals surface area contributed by atoms with Crippen molar-refractivity contribution in [3.05, 3.63) is 0 Å². The zero-order chi connectivity index (χ0) is 25.9. The third kappa shape index (κ3) is 11.2. The van der Waals surface area contributed by atoms with Crippen LogP contribution in [0.4, 0.5) is 26.3 Å². The molecule has 2 saturated heterocycles. The number of hydrogen-bond donors (Lipinski definition) is 4. The van der Waals surface area contributed by atoms with Gasteiger partial charge < -0.3 is 20.8 Å². The molecular weight excluding hydrogens is 470 g/mol. The highest BCUT2D eigenvalue weighted by atomic mass is 19.4. The van der Waals surface area contributed by atoms with Gasteiger partial charge >= 0.3 is 24.3 Å². The molecule has 12 heteroatoms. The van der Waals surface area contributed by atoms with Gasteiger partial charge in [-0.05, 0) is 64.5 Å². The van der Waals surface area contributed by atoms with Crippen molar-refractivity contribution in [3.63, 3.8) is 0 Å². The van der Waals surface area contributed by atoms with Gasteiger partial charge in [-0.1, -0.05) is 38.5 Å². The Bertz CT molecular complexity index is 558. The molecule has 0 radical (unpaired) electrons. The summed E-state index contributed by atoms with van der Waals surface area (Å²) in [7, 11) is 0. The summed E-state index contributed by atoms with van der Waals surface area (Å²) in [5.74, 6) is -5.51. The summed E-state index contributed by atoms with van der Waals surface area (Å²) in [6.45, 7) is 2.56. The number of halogens is 6. The first-order valence-electron chi connectivity index (χ1n) is 11.8. The Morgan fingerprint density at radius 1 is 0.529 bits per heavy atom. The van der Waals surface area contributed by atoms with E-state index in [-0.39, 0.29) is 0 Å². The predicted octanol–water partition coefficient (Wildman–Crippen LogP) is 5.41. The highest BCUT2D eigenvalue weighted by Gasteiger charge is 2.39. The van der Waals surface area contributed by atoms with Crippen LogP contribution in [-0.2, 0) is 9.59 Å². The minimum atomic E-state index is -5.08. The zero-order valence-electron chi connectivity index (χ0n) is 19.3. The molecule has 200 valence electrons. The SMILES string of the molecule is C1CCC2(CC1)CCCN2.C1CCC2(CC1)CCCN2.O=C(O)C(F)(F)F.O=C(O)C(F)(F)F. The number of nitrogens with one attached hydrogen (secondary N) is 2. The van der Waals surface area contributed by atoms with Gasteiger partial charge in [0.15, 0.2) is 0 Å². The number of carboxylic acid groups (broad SMARTS) is 2. The van der Waals surface area contributed by atoms with Crippen LogP contribution in [-0.4, -0.2) is 58.7 Å². The molecule has 2 spiro atoms. The number of carboxylic acids is 2. The summed E-state index contributed by atoms with van der Waals surface area (Å²) in [6, 6.07) is 0. The molecule has 0 unspecified atom stereocenters. The lowest BCUT2D eigenvalue weighted by Gasteiger charge is -2.33. The minimum absolute atomic E-state index is 0.623. The summed E-state index contributed by atoms with van der Waals surface area (Å²) in [5.41, 5.74) is 1.25. The van der Waals surface area contributed by atoms with Crippen molar-refractivity contribution in [3.8, 4) is 0 Å². The van der Waals surface area contributed by atoms with Crippen LogP contribution in [0.15, 0.2) is 0 Å². The maximum Gasteiger partial charge on any atom is 0.490 e. The van der Waals surface area contributed by atoms with Crippen LogP contribution in [0.2, 0.25) is 0 Å². The summed E-state index contributed by atoms with van der Waals surface area (Å²) in [5, 5.41) is 21.6. The first-order valence-corrected chi connectivity index (χ1v) is 11.8. The first-order chi connectivity index (χ1) is 15.7. The number of hydrogen-bond acceptors (Lipinski definition) is 4. The van der Waals surface area contributed by atoms with E-state index in [0.717, 1.165) is 0 Å². The van der Waals surface area contributed by atoms with E-state index in [1.807, 2.05) is 0 Å². The smallest absolute Gasteiger partial charge is 0.475 e. The second-order valence-corrected chi connectivity index (χ2v) is 9.35. The van der Waals surface area contributed by atoms with E-state index >= 15 is 0 Å². The maximum absolute atomic E-state index is 10.6. The van der Waals surface area contributed by atoms with Crippen LogP contribution in [0.25, 0.3) is 0 Å². The first kappa shape index (κ1) is 30.5. The van der Waals surface area contributed by atoms with E-state index in [9.17, 15) is 26.3 Å². The molecule has 2 saturated carbocycles. The predicted molar refractivity (Wildman–Crippen MR) is 113 cm³/mol. The number of alkyl halides is 6. The average Bonchev–Trinajstić information content (AvgIpc) is 3.39. The van der Waals surface area contributed by atoms with Crippen LogP contribution in [0, 0.1) is 0 Å². The van der Waals surface area contributed by atoms with Crippen molar-refractivity contribution in [2.24, 2.45) is 0 Å². The molecule has 4 N–H and O–H groups in total. The second-order valence-electron chi connectivity index (χ2n) is 9.35. The molecule has 2 aliphatic carbocycles. The molecule has 0 aromatic carbocycles. The van der Waals surface area contributed by atoms with E-state index in [4.69, 9.17) is 19.8 Å². The standard InChI is InChI=1S/2C9H17N.2C2HF3O2/c2*1-2-5-9(6-3-1)7-4-8-10-9;2*3-2(4,5)1(6)7/h2*10H,1-8H2;2*(H,6,7). The molecule has 2 heterocycles. The topological polar surface area (TPSA) is 98.7 Å². The second kappa shape index (κ2) is 13.5. The van der Waals surface area contributed by atoms with Crippen molar-refractivity contribution in [1.29, 1.82) is 0 Å². The fourth-order valence-electron chi connectivity index (χ4n) is 5.05. The van der Waals surface area contributed by atoms with Crippen LogP contribution in [0.1, 0.15) is 89.9 Å². The largest absolute Gasteiger partial charge is 0.490 e. The van der Waals surface area contributed by atoms with Crippen LogP contribution >= 0.6 is 0 Å². The minimum Gasteiger partial charge on any atom is -0.475 e. The summed E-state index contributed by atoms with van der Waals surface area (Å²) in [4.78, 5) is 17.8. The Balaban J connectivity index is 0.000000231. The summed E-state index contributed by atoms with van der Waals surface area (Å²) < 4.78 is 63.5. The van der Waals surface area contributed by atoms with Crippen molar-refractivity contribution >= 4 is 11.9 Å². The van der Waals surface area contributed by atoms with Crippen LogP contribution in [0.5, 0.6) is 0 Å². The number of rotatable bonds is 0. The Morgan fingerprint density at radius 3 is 0.941 bits per heavy atom. The van der Waals surface area contributed by atoms with Gasteiger partial charge in [-0.3, -0.25) is 0 Å². The Kier molecular flexibility index (Phi) is 12.1. The van der Waals surface area contributed by atoms with E-state index in [1.54, 1.807) is 0 Å². The molecule has 0 amide bonds. The fourth-order valence-corrected chi connectivity index (χ4v) is 5.05. The van der Waals surface area contributed by atoms with Gasteiger partial charge in [0.1, 0.15) is 0 Å². The molecule has 0 aromatic rings. The molecule has 0 atom stereocenters. The van der Waals surface area contributed by atoms with Gasteiger partial charge in [-0.15, -0.1) is 0 Å². The van der Waals surface area contributed by atoms with Crippen molar-refractivity contribution in [1.82, 2.24) is 10.6 Å². The molecule has 4 fully saturated rings. The van der Waals surface area contributed by atoms with E-state index in [0.29, 0.717) is 11.1 Å². The fraction of sp³-hybridized carbons (Fsp3) is 0.909. The van der Waals surface area contributed by atoms with Gasteiger partial charge in [0.2, 0.25) is 0 Å². The summed E-state index contributed by atoms with van der Waals surface area (Å²) in [6.07, 6.45) is 10.2. The van der Waals surface area contributed by atoms with Gasteiger partial charge in [0.25, 0.3) is 0 Å². The molecule has 4 aliphatic rings. The maximum atomic E-state index is 10.6. The molecule has 0 bridgehead atoms. The Labute approximate surface area is 195 Å². The summed E-state index contributed by atoms with van der Waals surface area (Å²) >= 11 is 0. The van der Waals surface area contributed by atoms with Gasteiger partial charge in [-0.2, -0.15) is 26.3 Å². The number of carbonyl (C=O) groups is 2. The van der Waals surface area contributed by atoms with Crippen LogP contribution < -0.4 is 10.6 Å². The molecule has 34 heavy (non-hydrogen) atoms. The third-order valence-corrected chi connectivity index (χ3v) is 6.77. The van der Waals surface area contributed by atoms with Crippen molar-refractivity contribution in [2.75, 3.05) is 13.1 Å². The molecule has 4 rings (SSSR count). The normalized spacial score (nSPS) is 23.0. The zero-order valence-corrected chi connectivity index (χ0v) is 19.3. The quantitative estimate of drug-likeness (QED) is 0.328. The average molecular weight is 507 g/mol. The monoisotopic (exact) mass is 506 g/mol. The third-order valence-electron chi connectivity index (χ3n) is 6.77. The number of aliphatic carboxylic acids is 2. The van der Waals surface area contributed by atoms with E-state index in [2.05, 4.69) is 10.6 Å². The van der Waals surface area contributed by atoms with E-state index < -0.39 is 24.3 Å². The molecular formula is C22H36F6N2O4. The highest BCUT2D eigenvalue weighted by Crippen LogP contribution is 2.35. The lowest BCUT2D eigenvalue weighted by molar-refractivity contribution is -0.193. The highest BCUT2D eigenvalue weighted by molar-refractivity contribution is 5.73. The van der Waals surface area contributed by atoms with Gasteiger partial charge in [-0.25, -0.2) is 9.59 Å².